The summed E-state index contributed by atoms with van der Waals surface area (Å²) in [5.41, 5.74) is 0.0305. The molecule has 19 heavy (non-hydrogen) atoms. The van der Waals surface area contributed by atoms with E-state index in [9.17, 15) is 9.59 Å². The van der Waals surface area contributed by atoms with Gasteiger partial charge in [0.15, 0.2) is 0 Å². The molecule has 0 spiro atoms. The normalized spacial score (nSPS) is 10.7. The molecule has 0 bridgehead atoms. The van der Waals surface area contributed by atoms with E-state index in [1.807, 2.05) is 0 Å². The molecule has 0 unspecified atom stereocenters. The molecule has 0 aromatic rings. The third-order valence-corrected chi connectivity index (χ3v) is 2.69. The van der Waals surface area contributed by atoms with Crippen molar-refractivity contribution in [3.8, 4) is 0 Å². The molecule has 0 fully saturated rings. The molecule has 0 amide bonds. The number of carboxylic acid groups (broad SMARTS) is 1. The van der Waals surface area contributed by atoms with Crippen LogP contribution in [0.15, 0.2) is 11.8 Å². The topological polar surface area (TPSA) is 63.6 Å². The molecule has 0 saturated carbocycles. The Balaban J connectivity index is 0. The molecule has 1 radical (unpaired) electrons. The minimum Gasteiger partial charge on any atom is -0.478 e. The molecule has 0 atom stereocenters. The second-order valence-electron chi connectivity index (χ2n) is 4.47. The number of carbonyl (C=O) groups is 2. The summed E-state index contributed by atoms with van der Waals surface area (Å²) >= 11 is 0. The third kappa shape index (κ3) is 13.4. The van der Waals surface area contributed by atoms with Gasteiger partial charge in [0.2, 0.25) is 0 Å². The van der Waals surface area contributed by atoms with E-state index in [1.54, 1.807) is 0 Å². The molecule has 115 valence electrons. The van der Waals surface area contributed by atoms with E-state index < -0.39 is 5.97 Å². The summed E-state index contributed by atoms with van der Waals surface area (Å²) in [6, 6.07) is 0. The number of rotatable bonds is 10. The molecule has 0 heterocycles. The van der Waals surface area contributed by atoms with Gasteiger partial charge in [-0.1, -0.05) is 45.4 Å². The van der Waals surface area contributed by atoms with Gasteiger partial charge in [0.05, 0.1) is 5.57 Å². The molecular weight excluding hydrogens is 296 g/mol. The summed E-state index contributed by atoms with van der Waals surface area (Å²) in [6.07, 6.45) is 9.36. The van der Waals surface area contributed by atoms with Gasteiger partial charge in [0.1, 0.15) is 6.26 Å². The standard InChI is InChI=1S/C14H24O4.Cu/c1-3-4-5-6-7-8-9-10-13(15)18-11-12(2)14(16)17;/h11H,3-10H2,1-2H3,(H,16,17);. The van der Waals surface area contributed by atoms with Crippen LogP contribution in [0.25, 0.3) is 0 Å². The van der Waals surface area contributed by atoms with Crippen LogP contribution in [-0.4, -0.2) is 17.0 Å². The summed E-state index contributed by atoms with van der Waals surface area (Å²) in [5, 5.41) is 8.55. The molecular formula is C14H24CuO4. The van der Waals surface area contributed by atoms with Gasteiger partial charge in [0.25, 0.3) is 0 Å². The van der Waals surface area contributed by atoms with Crippen LogP contribution in [0.5, 0.6) is 0 Å². The zero-order valence-electron chi connectivity index (χ0n) is 11.7. The van der Waals surface area contributed by atoms with Crippen LogP contribution in [0.4, 0.5) is 0 Å². The number of carbonyl (C=O) groups excluding carboxylic acids is 1. The van der Waals surface area contributed by atoms with Gasteiger partial charge in [-0.15, -0.1) is 0 Å². The van der Waals surface area contributed by atoms with Crippen molar-refractivity contribution >= 4 is 11.9 Å². The molecule has 1 N–H and O–H groups in total. The Morgan fingerprint density at radius 2 is 1.58 bits per heavy atom. The Kier molecular flexibility index (Phi) is 14.7. The third-order valence-electron chi connectivity index (χ3n) is 2.69. The summed E-state index contributed by atoms with van der Waals surface area (Å²) in [7, 11) is 0. The number of esters is 1. The van der Waals surface area contributed by atoms with Gasteiger partial charge in [-0.25, -0.2) is 4.79 Å². The van der Waals surface area contributed by atoms with Gasteiger partial charge < -0.3 is 9.84 Å². The number of unbranched alkanes of at least 4 members (excludes halogenated alkanes) is 6. The summed E-state index contributed by atoms with van der Waals surface area (Å²) < 4.78 is 4.73. The first-order chi connectivity index (χ1) is 8.57. The Bertz CT molecular complexity index is 287. The van der Waals surface area contributed by atoms with Gasteiger partial charge in [-0.05, 0) is 13.3 Å². The van der Waals surface area contributed by atoms with Gasteiger partial charge in [-0.2, -0.15) is 0 Å². The van der Waals surface area contributed by atoms with E-state index in [2.05, 4.69) is 6.92 Å². The zero-order valence-corrected chi connectivity index (χ0v) is 12.6. The van der Waals surface area contributed by atoms with Crippen molar-refractivity contribution in [1.29, 1.82) is 0 Å². The molecule has 0 saturated heterocycles. The summed E-state index contributed by atoms with van der Waals surface area (Å²) in [4.78, 5) is 21.7. The molecule has 0 aromatic carbocycles. The first-order valence-electron chi connectivity index (χ1n) is 6.67. The predicted molar refractivity (Wildman–Crippen MR) is 70.1 cm³/mol. The van der Waals surface area contributed by atoms with Crippen molar-refractivity contribution in [2.45, 2.75) is 65.2 Å². The maximum Gasteiger partial charge on any atom is 0.334 e. The average Bonchev–Trinajstić information content (AvgIpc) is 2.34. The van der Waals surface area contributed by atoms with Gasteiger partial charge >= 0.3 is 11.9 Å². The fraction of sp³-hybridized carbons (Fsp3) is 0.714. The van der Waals surface area contributed by atoms with Crippen molar-refractivity contribution in [3.63, 3.8) is 0 Å². The molecule has 4 nitrogen and oxygen atoms in total. The number of hydrogen-bond donors (Lipinski definition) is 1. The first-order valence-corrected chi connectivity index (χ1v) is 6.67. The summed E-state index contributed by atoms with van der Waals surface area (Å²) in [6.45, 7) is 3.58. The van der Waals surface area contributed by atoms with Gasteiger partial charge in [0, 0.05) is 23.5 Å². The molecule has 5 heteroatoms. The number of ether oxygens (including phenoxy) is 1. The zero-order chi connectivity index (χ0) is 13.8. The Morgan fingerprint density at radius 3 is 2.11 bits per heavy atom. The smallest absolute Gasteiger partial charge is 0.334 e. The fourth-order valence-electron chi connectivity index (χ4n) is 1.49. The van der Waals surface area contributed by atoms with Crippen LogP contribution >= 0.6 is 0 Å². The Hall–Kier alpha value is -0.801. The SMILES string of the molecule is CCCCCCCCCC(=O)OC=C(C)C(=O)O.[Cu]. The van der Waals surface area contributed by atoms with Crippen LogP contribution in [0.3, 0.4) is 0 Å². The molecule has 0 aliphatic rings. The molecule has 0 aromatic heterocycles. The van der Waals surface area contributed by atoms with Crippen LogP contribution in [0, 0.1) is 0 Å². The van der Waals surface area contributed by atoms with E-state index in [4.69, 9.17) is 9.84 Å². The molecule has 0 aliphatic carbocycles. The Labute approximate surface area is 126 Å². The molecule has 0 rings (SSSR count). The van der Waals surface area contributed by atoms with Crippen LogP contribution in [-0.2, 0) is 31.4 Å². The quantitative estimate of drug-likeness (QED) is 0.219. The second kappa shape index (κ2) is 13.6. The number of aliphatic carboxylic acids is 1. The number of carboxylic acids is 1. The average molecular weight is 320 g/mol. The predicted octanol–water partition coefficient (Wildman–Crippen LogP) is 3.66. The van der Waals surface area contributed by atoms with Gasteiger partial charge in [-0.3, -0.25) is 4.79 Å². The maximum absolute atomic E-state index is 11.2. The first kappa shape index (κ1) is 20.5. The van der Waals surface area contributed by atoms with E-state index in [0.29, 0.717) is 6.42 Å². The second-order valence-corrected chi connectivity index (χ2v) is 4.47. The van der Waals surface area contributed by atoms with Crippen LogP contribution in [0.1, 0.15) is 65.2 Å². The minimum atomic E-state index is -1.07. The maximum atomic E-state index is 11.2. The van der Waals surface area contributed by atoms with E-state index in [0.717, 1.165) is 25.5 Å². The van der Waals surface area contributed by atoms with Crippen molar-refractivity contribution in [1.82, 2.24) is 0 Å². The van der Waals surface area contributed by atoms with Crippen molar-refractivity contribution in [2.75, 3.05) is 0 Å². The van der Waals surface area contributed by atoms with Crippen molar-refractivity contribution in [3.05, 3.63) is 11.8 Å². The van der Waals surface area contributed by atoms with Crippen molar-refractivity contribution < 1.29 is 36.5 Å². The van der Waals surface area contributed by atoms with Crippen LogP contribution in [0.2, 0.25) is 0 Å². The minimum absolute atomic E-state index is 0. The molecule has 0 aliphatic heterocycles. The van der Waals surface area contributed by atoms with E-state index in [-0.39, 0.29) is 28.6 Å². The summed E-state index contributed by atoms with van der Waals surface area (Å²) in [5.74, 6) is -1.43. The Morgan fingerprint density at radius 1 is 1.05 bits per heavy atom. The van der Waals surface area contributed by atoms with E-state index >= 15 is 0 Å². The van der Waals surface area contributed by atoms with E-state index in [1.165, 1.54) is 32.6 Å². The largest absolute Gasteiger partial charge is 0.478 e. The number of hydrogen-bond acceptors (Lipinski definition) is 3. The van der Waals surface area contributed by atoms with Crippen molar-refractivity contribution in [2.24, 2.45) is 0 Å². The monoisotopic (exact) mass is 319 g/mol. The van der Waals surface area contributed by atoms with Crippen LogP contribution < -0.4 is 0 Å². The fourth-order valence-corrected chi connectivity index (χ4v) is 1.49.